The first-order valence-corrected chi connectivity index (χ1v) is 12.8. The molecule has 0 fully saturated rings. The van der Waals surface area contributed by atoms with Crippen LogP contribution in [0, 0.1) is 0 Å². The summed E-state index contributed by atoms with van der Waals surface area (Å²) in [6.07, 6.45) is 19.2. The van der Waals surface area contributed by atoms with Gasteiger partial charge in [-0.2, -0.15) is 0 Å². The van der Waals surface area contributed by atoms with Crippen molar-refractivity contribution in [2.75, 3.05) is 24.6 Å². The predicted molar refractivity (Wildman–Crippen MR) is 116 cm³/mol. The van der Waals surface area contributed by atoms with E-state index in [4.69, 9.17) is 0 Å². The summed E-state index contributed by atoms with van der Waals surface area (Å²) in [6.45, 7) is 10.9. The van der Waals surface area contributed by atoms with E-state index < -0.39 is 7.26 Å². The molecule has 0 atom stereocenters. The molecule has 0 aromatic heterocycles. The Morgan fingerprint density at radius 3 is 1.62 bits per heavy atom. The standard InChI is InChI=1S/C23H40P/c1-5-9-18-24(19-10-6-2,20-11-7-3)21-12-13-23-16-14-22(8-4)15-17-23/h8,14-17H,4-7,9-13,18-21H2,1-3H3/q+1. The van der Waals surface area contributed by atoms with Gasteiger partial charge in [-0.1, -0.05) is 77.0 Å². The van der Waals surface area contributed by atoms with Crippen LogP contribution in [0.2, 0.25) is 0 Å². The van der Waals surface area contributed by atoms with Gasteiger partial charge in [0.25, 0.3) is 0 Å². The van der Waals surface area contributed by atoms with Crippen LogP contribution in [0.15, 0.2) is 30.8 Å². The van der Waals surface area contributed by atoms with Crippen LogP contribution < -0.4 is 0 Å². The lowest BCUT2D eigenvalue weighted by molar-refractivity contribution is 0.820. The Labute approximate surface area is 152 Å². The zero-order chi connectivity index (χ0) is 17.7. The number of hydrogen-bond acceptors (Lipinski definition) is 0. The summed E-state index contributed by atoms with van der Waals surface area (Å²) in [6, 6.07) is 8.99. The summed E-state index contributed by atoms with van der Waals surface area (Å²) in [5.41, 5.74) is 2.73. The van der Waals surface area contributed by atoms with Crippen LogP contribution in [0.1, 0.15) is 76.8 Å². The number of benzene rings is 1. The average molecular weight is 348 g/mol. The number of unbranched alkanes of at least 4 members (excludes halogenated alkanes) is 3. The molecule has 1 rings (SSSR count). The second-order valence-electron chi connectivity index (χ2n) is 7.35. The van der Waals surface area contributed by atoms with Gasteiger partial charge in [0, 0.05) is 7.26 Å². The van der Waals surface area contributed by atoms with Crippen LogP contribution in [0.4, 0.5) is 0 Å². The summed E-state index contributed by atoms with van der Waals surface area (Å²) in [5, 5.41) is 0. The minimum absolute atomic E-state index is 0.714. The van der Waals surface area contributed by atoms with Crippen molar-refractivity contribution < 1.29 is 0 Å². The Morgan fingerprint density at radius 2 is 1.21 bits per heavy atom. The number of hydrogen-bond donors (Lipinski definition) is 0. The normalized spacial score (nSPS) is 11.6. The van der Waals surface area contributed by atoms with E-state index in [1.165, 1.54) is 68.7 Å². The average Bonchev–Trinajstić information content (AvgIpc) is 2.63. The van der Waals surface area contributed by atoms with Crippen LogP contribution in [-0.4, -0.2) is 24.6 Å². The van der Waals surface area contributed by atoms with Crippen molar-refractivity contribution in [3.8, 4) is 0 Å². The molecule has 0 aliphatic carbocycles. The zero-order valence-corrected chi connectivity index (χ0v) is 17.4. The fraction of sp³-hybridized carbons (Fsp3) is 0.652. The van der Waals surface area contributed by atoms with E-state index in [1.807, 2.05) is 6.08 Å². The Bertz CT molecular complexity index is 410. The molecular formula is C23H40P+. The summed E-state index contributed by atoms with van der Waals surface area (Å²) in [5.74, 6) is 0. The summed E-state index contributed by atoms with van der Waals surface area (Å²) in [7, 11) is -0.714. The van der Waals surface area contributed by atoms with Gasteiger partial charge in [-0.25, -0.2) is 0 Å². The molecule has 0 N–H and O–H groups in total. The molecule has 136 valence electrons. The highest BCUT2D eigenvalue weighted by Gasteiger charge is 2.34. The lowest BCUT2D eigenvalue weighted by Crippen LogP contribution is -2.13. The Morgan fingerprint density at radius 1 is 0.750 bits per heavy atom. The highest BCUT2D eigenvalue weighted by atomic mass is 31.2. The molecule has 1 heteroatoms. The quantitative estimate of drug-likeness (QED) is 0.303. The van der Waals surface area contributed by atoms with Gasteiger partial charge in [-0.05, 0) is 43.2 Å². The highest BCUT2D eigenvalue weighted by molar-refractivity contribution is 7.75. The topological polar surface area (TPSA) is 0 Å². The van der Waals surface area contributed by atoms with Crippen LogP contribution in [0.5, 0.6) is 0 Å². The van der Waals surface area contributed by atoms with E-state index in [1.54, 1.807) is 18.5 Å². The molecule has 0 bridgehead atoms. The van der Waals surface area contributed by atoms with E-state index in [0.717, 1.165) is 0 Å². The summed E-state index contributed by atoms with van der Waals surface area (Å²) in [4.78, 5) is 0. The van der Waals surface area contributed by atoms with Gasteiger partial charge < -0.3 is 0 Å². The first kappa shape index (κ1) is 21.4. The molecule has 24 heavy (non-hydrogen) atoms. The molecule has 0 saturated carbocycles. The Balaban J connectivity index is 2.63. The minimum Gasteiger partial charge on any atom is -0.0985 e. The van der Waals surface area contributed by atoms with E-state index >= 15 is 0 Å². The molecule has 0 spiro atoms. The van der Waals surface area contributed by atoms with Crippen LogP contribution in [0.3, 0.4) is 0 Å². The monoisotopic (exact) mass is 347 g/mol. The smallest absolute Gasteiger partial charge is 0.0597 e. The van der Waals surface area contributed by atoms with Crippen molar-refractivity contribution in [2.24, 2.45) is 0 Å². The zero-order valence-electron chi connectivity index (χ0n) is 16.5. The molecule has 0 unspecified atom stereocenters. The second kappa shape index (κ2) is 12.7. The minimum atomic E-state index is -0.714. The first-order chi connectivity index (χ1) is 11.7. The maximum atomic E-state index is 3.85. The van der Waals surface area contributed by atoms with Gasteiger partial charge in [0.15, 0.2) is 0 Å². The highest BCUT2D eigenvalue weighted by Crippen LogP contribution is 2.61. The van der Waals surface area contributed by atoms with Gasteiger partial charge in [0.1, 0.15) is 0 Å². The second-order valence-corrected chi connectivity index (χ2v) is 11.8. The fourth-order valence-corrected chi connectivity index (χ4v) is 8.72. The Kier molecular flexibility index (Phi) is 11.4. The molecule has 0 heterocycles. The van der Waals surface area contributed by atoms with Crippen molar-refractivity contribution in [2.45, 2.75) is 72.1 Å². The molecule has 0 saturated heterocycles. The SMILES string of the molecule is C=Cc1ccc(CCC[P+](CCCC)(CCCC)CCCC)cc1. The van der Waals surface area contributed by atoms with Gasteiger partial charge in [0.05, 0.1) is 24.6 Å². The lowest BCUT2D eigenvalue weighted by atomic mass is 10.1. The summed E-state index contributed by atoms with van der Waals surface area (Å²) >= 11 is 0. The van der Waals surface area contributed by atoms with E-state index in [-0.39, 0.29) is 0 Å². The molecule has 0 nitrogen and oxygen atoms in total. The molecule has 0 radical (unpaired) electrons. The van der Waals surface area contributed by atoms with Crippen LogP contribution >= 0.6 is 7.26 Å². The van der Waals surface area contributed by atoms with Crippen LogP contribution in [0.25, 0.3) is 6.08 Å². The van der Waals surface area contributed by atoms with E-state index in [2.05, 4.69) is 51.6 Å². The maximum absolute atomic E-state index is 3.85. The van der Waals surface area contributed by atoms with Crippen molar-refractivity contribution in [3.63, 3.8) is 0 Å². The molecule has 0 aliphatic rings. The number of aryl methyl sites for hydroxylation is 1. The third kappa shape index (κ3) is 7.98. The van der Waals surface area contributed by atoms with E-state index in [9.17, 15) is 0 Å². The van der Waals surface area contributed by atoms with Gasteiger partial charge >= 0.3 is 0 Å². The largest absolute Gasteiger partial charge is 0.0985 e. The molecule has 0 aliphatic heterocycles. The molecule has 1 aromatic rings. The molecule has 1 aromatic carbocycles. The van der Waals surface area contributed by atoms with Gasteiger partial charge in [-0.15, -0.1) is 0 Å². The van der Waals surface area contributed by atoms with Gasteiger partial charge in [0.2, 0.25) is 0 Å². The van der Waals surface area contributed by atoms with Crippen molar-refractivity contribution in [1.82, 2.24) is 0 Å². The lowest BCUT2D eigenvalue weighted by Gasteiger charge is -2.28. The van der Waals surface area contributed by atoms with E-state index in [0.29, 0.717) is 0 Å². The van der Waals surface area contributed by atoms with Gasteiger partial charge in [-0.3, -0.25) is 0 Å². The summed E-state index contributed by atoms with van der Waals surface area (Å²) < 4.78 is 0. The third-order valence-electron chi connectivity index (χ3n) is 5.27. The predicted octanol–water partition coefficient (Wildman–Crippen LogP) is 7.68. The Hall–Kier alpha value is -0.610. The van der Waals surface area contributed by atoms with Crippen LogP contribution in [-0.2, 0) is 6.42 Å². The third-order valence-corrected chi connectivity index (χ3v) is 10.3. The molecule has 0 amide bonds. The van der Waals surface area contributed by atoms with Crippen molar-refractivity contribution in [1.29, 1.82) is 0 Å². The number of rotatable bonds is 14. The maximum Gasteiger partial charge on any atom is 0.0597 e. The van der Waals surface area contributed by atoms with Crippen molar-refractivity contribution >= 4 is 13.3 Å². The fourth-order valence-electron chi connectivity index (χ4n) is 3.59. The molecular weight excluding hydrogens is 307 g/mol. The first-order valence-electron chi connectivity index (χ1n) is 10.3. The van der Waals surface area contributed by atoms with Crippen molar-refractivity contribution in [3.05, 3.63) is 42.0 Å².